The van der Waals surface area contributed by atoms with Crippen LogP contribution in [0.3, 0.4) is 0 Å². The van der Waals surface area contributed by atoms with Crippen LogP contribution in [0.1, 0.15) is 18.2 Å². The Morgan fingerprint density at radius 2 is 2.00 bits per heavy atom. The molecule has 1 amide bonds. The van der Waals surface area contributed by atoms with Gasteiger partial charge >= 0.3 is 5.69 Å². The molecule has 1 N–H and O–H groups in total. The minimum atomic E-state index is -0.547. The zero-order valence-electron chi connectivity index (χ0n) is 15.8. The molecule has 0 aliphatic carbocycles. The molecule has 0 spiro atoms. The average molecular weight is 409 g/mol. The van der Waals surface area contributed by atoms with Gasteiger partial charge in [0, 0.05) is 5.69 Å². The number of amides is 1. The number of aryl methyl sites for hydroxylation is 1. The number of hydrogen-bond donors (Lipinski definition) is 1. The van der Waals surface area contributed by atoms with Gasteiger partial charge in [0.1, 0.15) is 17.0 Å². The van der Waals surface area contributed by atoms with E-state index < -0.39 is 5.69 Å². The Hall–Kier alpha value is -3.39. The monoisotopic (exact) mass is 409 g/mol. The summed E-state index contributed by atoms with van der Waals surface area (Å²) >= 11 is 1.24. The fourth-order valence-corrected chi connectivity index (χ4v) is 4.04. The molecule has 0 fully saturated rings. The molecule has 3 aromatic heterocycles. The summed E-state index contributed by atoms with van der Waals surface area (Å²) in [6, 6.07) is 12.6. The molecule has 4 aromatic rings. The molecule has 29 heavy (non-hydrogen) atoms. The van der Waals surface area contributed by atoms with Crippen LogP contribution in [0.25, 0.3) is 10.2 Å². The quantitative estimate of drug-likeness (QED) is 0.530. The third kappa shape index (κ3) is 3.79. The summed E-state index contributed by atoms with van der Waals surface area (Å²) in [5, 5.41) is 4.57. The Balaban J connectivity index is 1.69. The highest BCUT2D eigenvalue weighted by atomic mass is 32.1. The first-order valence-electron chi connectivity index (χ1n) is 9.19. The molecule has 0 bridgehead atoms. The zero-order chi connectivity index (χ0) is 20.4. The summed E-state index contributed by atoms with van der Waals surface area (Å²) in [5.41, 5.74) is 1.30. The van der Waals surface area contributed by atoms with E-state index in [0.717, 1.165) is 16.6 Å². The smallest absolute Gasteiger partial charge is 0.332 e. The van der Waals surface area contributed by atoms with Gasteiger partial charge in [-0.05, 0) is 47.7 Å². The minimum Gasteiger partial charge on any atom is -0.467 e. The van der Waals surface area contributed by atoms with Crippen LogP contribution < -0.4 is 16.6 Å². The fourth-order valence-electron chi connectivity index (χ4n) is 3.20. The molecule has 0 atom stereocenters. The van der Waals surface area contributed by atoms with Gasteiger partial charge < -0.3 is 9.73 Å². The highest BCUT2D eigenvalue weighted by Crippen LogP contribution is 2.16. The second-order valence-corrected chi connectivity index (χ2v) is 7.49. The van der Waals surface area contributed by atoms with Crippen molar-refractivity contribution in [2.75, 3.05) is 5.32 Å². The molecule has 3 heterocycles. The summed E-state index contributed by atoms with van der Waals surface area (Å²) in [6.07, 6.45) is 2.34. The first kappa shape index (κ1) is 18.9. The first-order valence-corrected chi connectivity index (χ1v) is 10.1. The van der Waals surface area contributed by atoms with Crippen LogP contribution in [-0.2, 0) is 24.3 Å². The zero-order valence-corrected chi connectivity index (χ0v) is 16.6. The number of fused-ring (bicyclic) bond motifs is 1. The third-order valence-electron chi connectivity index (χ3n) is 4.65. The van der Waals surface area contributed by atoms with Gasteiger partial charge in [-0.3, -0.25) is 18.7 Å². The van der Waals surface area contributed by atoms with Crippen molar-refractivity contribution in [3.8, 4) is 0 Å². The molecule has 0 saturated carbocycles. The summed E-state index contributed by atoms with van der Waals surface area (Å²) in [5.74, 6) is 0.156. The van der Waals surface area contributed by atoms with Crippen LogP contribution in [0.15, 0.2) is 68.1 Å². The molecule has 1 aromatic carbocycles. The van der Waals surface area contributed by atoms with E-state index in [1.54, 1.807) is 29.6 Å². The Morgan fingerprint density at radius 1 is 1.14 bits per heavy atom. The lowest BCUT2D eigenvalue weighted by Crippen LogP contribution is -2.41. The minimum absolute atomic E-state index is 0.0126. The maximum atomic E-state index is 13.0. The van der Waals surface area contributed by atoms with Crippen molar-refractivity contribution in [3.63, 3.8) is 0 Å². The van der Waals surface area contributed by atoms with E-state index in [1.807, 2.05) is 25.1 Å². The lowest BCUT2D eigenvalue weighted by molar-refractivity contribution is -0.116. The van der Waals surface area contributed by atoms with E-state index in [0.29, 0.717) is 21.7 Å². The van der Waals surface area contributed by atoms with Gasteiger partial charge in [0.25, 0.3) is 5.56 Å². The largest absolute Gasteiger partial charge is 0.467 e. The molecule has 0 radical (unpaired) electrons. The predicted octanol–water partition coefficient (Wildman–Crippen LogP) is 3.07. The second-order valence-electron chi connectivity index (χ2n) is 6.58. The first-order chi connectivity index (χ1) is 14.1. The topological polar surface area (TPSA) is 86.2 Å². The Kier molecular flexibility index (Phi) is 5.18. The molecular weight excluding hydrogens is 390 g/mol. The number of anilines is 1. The molecule has 0 saturated heterocycles. The van der Waals surface area contributed by atoms with Crippen LogP contribution in [0.4, 0.5) is 5.69 Å². The second kappa shape index (κ2) is 7.92. The summed E-state index contributed by atoms with van der Waals surface area (Å²) in [4.78, 5) is 38.4. The number of benzene rings is 1. The van der Waals surface area contributed by atoms with Crippen LogP contribution in [0, 0.1) is 0 Å². The number of aromatic nitrogens is 2. The normalized spacial score (nSPS) is 11.1. The molecule has 0 aliphatic heterocycles. The molecule has 0 unspecified atom stereocenters. The molecule has 0 aliphatic rings. The molecule has 148 valence electrons. The summed E-state index contributed by atoms with van der Waals surface area (Å²) in [7, 11) is 0. The van der Waals surface area contributed by atoms with Crippen LogP contribution >= 0.6 is 11.3 Å². The van der Waals surface area contributed by atoms with Gasteiger partial charge in [-0.15, -0.1) is 11.3 Å². The maximum absolute atomic E-state index is 13.0. The Labute approximate surface area is 169 Å². The van der Waals surface area contributed by atoms with Gasteiger partial charge in [-0.1, -0.05) is 19.1 Å². The van der Waals surface area contributed by atoms with E-state index in [2.05, 4.69) is 5.32 Å². The predicted molar refractivity (Wildman–Crippen MR) is 113 cm³/mol. The molecule has 4 rings (SSSR count). The number of thiophene rings is 1. The number of hydrogen-bond acceptors (Lipinski definition) is 5. The van der Waals surface area contributed by atoms with E-state index in [1.165, 1.54) is 22.2 Å². The van der Waals surface area contributed by atoms with Crippen molar-refractivity contribution >= 4 is 33.1 Å². The van der Waals surface area contributed by atoms with Gasteiger partial charge in [-0.25, -0.2) is 4.79 Å². The van der Waals surface area contributed by atoms with Crippen LogP contribution in [0.5, 0.6) is 0 Å². The number of carbonyl (C=O) groups excluding carboxylic acids is 1. The lowest BCUT2D eigenvalue weighted by Gasteiger charge is -2.12. The van der Waals surface area contributed by atoms with Gasteiger partial charge in [-0.2, -0.15) is 0 Å². The van der Waals surface area contributed by atoms with Crippen molar-refractivity contribution in [1.82, 2.24) is 9.13 Å². The van der Waals surface area contributed by atoms with Crippen molar-refractivity contribution in [2.24, 2.45) is 0 Å². The number of nitrogens with one attached hydrogen (secondary N) is 1. The lowest BCUT2D eigenvalue weighted by atomic mass is 10.1. The van der Waals surface area contributed by atoms with Crippen molar-refractivity contribution < 1.29 is 9.21 Å². The van der Waals surface area contributed by atoms with Crippen molar-refractivity contribution in [1.29, 1.82) is 0 Å². The van der Waals surface area contributed by atoms with E-state index >= 15 is 0 Å². The number of carbonyl (C=O) groups is 1. The van der Waals surface area contributed by atoms with Gasteiger partial charge in [0.2, 0.25) is 5.91 Å². The standard InChI is InChI=1S/C21H19N3O4S/c1-2-14-5-3-6-15(11-14)22-18(25)13-23-17-8-10-29-19(17)20(26)24(21(23)27)12-16-7-4-9-28-16/h3-11H,2,12-13H2,1H3,(H,22,25). The summed E-state index contributed by atoms with van der Waals surface area (Å²) in [6.45, 7) is 1.86. The van der Waals surface area contributed by atoms with Crippen molar-refractivity contribution in [2.45, 2.75) is 26.4 Å². The number of furan rings is 1. The average Bonchev–Trinajstić information content (AvgIpc) is 3.40. The van der Waals surface area contributed by atoms with E-state index in [9.17, 15) is 14.4 Å². The van der Waals surface area contributed by atoms with E-state index in [-0.39, 0.29) is 24.6 Å². The van der Waals surface area contributed by atoms with Crippen LogP contribution in [-0.4, -0.2) is 15.0 Å². The number of nitrogens with zero attached hydrogens (tertiary/aromatic N) is 2. The van der Waals surface area contributed by atoms with Crippen LogP contribution in [0.2, 0.25) is 0 Å². The highest BCUT2D eigenvalue weighted by Gasteiger charge is 2.17. The number of rotatable bonds is 6. The maximum Gasteiger partial charge on any atom is 0.332 e. The molecule has 8 heteroatoms. The summed E-state index contributed by atoms with van der Waals surface area (Å²) < 4.78 is 8.14. The van der Waals surface area contributed by atoms with Gasteiger partial charge in [0.15, 0.2) is 0 Å². The van der Waals surface area contributed by atoms with Crippen molar-refractivity contribution in [3.05, 3.63) is 86.3 Å². The Bertz CT molecular complexity index is 1280. The van der Waals surface area contributed by atoms with E-state index in [4.69, 9.17) is 4.42 Å². The molecular formula is C21H19N3O4S. The highest BCUT2D eigenvalue weighted by molar-refractivity contribution is 7.17. The Morgan fingerprint density at radius 3 is 2.76 bits per heavy atom. The fraction of sp³-hybridized carbons (Fsp3) is 0.190. The SMILES string of the molecule is CCc1cccc(NC(=O)Cn2c(=O)n(Cc3ccco3)c(=O)c3sccc32)c1. The molecule has 7 nitrogen and oxygen atoms in total. The third-order valence-corrected chi connectivity index (χ3v) is 5.54. The van der Waals surface area contributed by atoms with Gasteiger partial charge in [0.05, 0.1) is 18.3 Å².